The third-order valence-electron chi connectivity index (χ3n) is 2.26. The second kappa shape index (κ2) is 4.62. The van der Waals surface area contributed by atoms with Crippen LogP contribution in [-0.4, -0.2) is 5.11 Å². The first-order valence-electron chi connectivity index (χ1n) is 4.97. The Labute approximate surface area is 93.5 Å². The molecule has 0 heterocycles. The lowest BCUT2D eigenvalue weighted by atomic mass is 10.1. The molecule has 0 saturated heterocycles. The Morgan fingerprint density at radius 1 is 1.06 bits per heavy atom. The largest absolute Gasteiger partial charge is 0.507 e. The summed E-state index contributed by atoms with van der Waals surface area (Å²) in [7, 11) is 0. The summed E-state index contributed by atoms with van der Waals surface area (Å²) in [6.07, 6.45) is 11.1. The summed E-state index contributed by atoms with van der Waals surface area (Å²) in [5.74, 6) is -0.183. The summed E-state index contributed by atoms with van der Waals surface area (Å²) in [5, 5.41) is 9.72. The van der Waals surface area contributed by atoms with E-state index in [1.165, 1.54) is 12.1 Å². The molecular formula is C14H11FO. The zero-order valence-electron chi connectivity index (χ0n) is 8.60. The van der Waals surface area contributed by atoms with Crippen LogP contribution in [-0.2, 0) is 0 Å². The van der Waals surface area contributed by atoms with Gasteiger partial charge in [-0.15, -0.1) is 0 Å². The van der Waals surface area contributed by atoms with Gasteiger partial charge in [0.25, 0.3) is 0 Å². The second-order valence-corrected chi connectivity index (χ2v) is 3.44. The second-order valence-electron chi connectivity index (χ2n) is 3.44. The van der Waals surface area contributed by atoms with Crippen molar-refractivity contribution in [2.24, 2.45) is 0 Å². The Hall–Kier alpha value is -2.09. The van der Waals surface area contributed by atoms with Crippen molar-refractivity contribution in [3.63, 3.8) is 0 Å². The third-order valence-corrected chi connectivity index (χ3v) is 2.26. The Morgan fingerprint density at radius 2 is 1.69 bits per heavy atom. The van der Waals surface area contributed by atoms with Crippen molar-refractivity contribution < 1.29 is 9.50 Å². The van der Waals surface area contributed by atoms with Gasteiger partial charge < -0.3 is 5.11 Å². The molecule has 1 aromatic rings. The van der Waals surface area contributed by atoms with Crippen molar-refractivity contribution in [1.82, 2.24) is 0 Å². The van der Waals surface area contributed by atoms with Crippen LogP contribution in [0.15, 0.2) is 66.3 Å². The van der Waals surface area contributed by atoms with E-state index in [0.717, 1.165) is 5.57 Å². The van der Waals surface area contributed by atoms with Gasteiger partial charge in [0.2, 0.25) is 0 Å². The Kier molecular flexibility index (Phi) is 3.01. The number of allylic oxidation sites excluding steroid dienone is 7. The highest BCUT2D eigenvalue weighted by Gasteiger charge is 1.98. The molecule has 16 heavy (non-hydrogen) atoms. The number of hydrogen-bond acceptors (Lipinski definition) is 1. The maximum Gasteiger partial charge on any atom is 0.123 e. The van der Waals surface area contributed by atoms with E-state index in [-0.39, 0.29) is 11.6 Å². The number of halogens is 1. The van der Waals surface area contributed by atoms with Crippen molar-refractivity contribution >= 4 is 5.76 Å². The smallest absolute Gasteiger partial charge is 0.123 e. The quantitative estimate of drug-likeness (QED) is 0.743. The lowest BCUT2D eigenvalue weighted by Crippen LogP contribution is -1.82. The van der Waals surface area contributed by atoms with E-state index in [0.29, 0.717) is 5.56 Å². The van der Waals surface area contributed by atoms with Crippen LogP contribution in [0.1, 0.15) is 5.56 Å². The molecule has 0 aliphatic heterocycles. The molecule has 1 aliphatic carbocycles. The molecule has 2 rings (SSSR count). The van der Waals surface area contributed by atoms with E-state index in [1.54, 1.807) is 24.3 Å². The van der Waals surface area contributed by atoms with E-state index in [9.17, 15) is 9.50 Å². The van der Waals surface area contributed by atoms with Gasteiger partial charge in [-0.2, -0.15) is 0 Å². The molecule has 0 atom stereocenters. The molecule has 1 aromatic carbocycles. The standard InChI is InChI=1S/C14H11FO/c15-13-8-6-12(7-9-13)14(16)10-5-11-3-1-2-4-11/h1-10,16H/b14-10-. The number of aliphatic hydroxyl groups is 1. The van der Waals surface area contributed by atoms with Crippen LogP contribution >= 0.6 is 0 Å². The fraction of sp³-hybridized carbons (Fsp3) is 0. The molecule has 1 N–H and O–H groups in total. The fourth-order valence-electron chi connectivity index (χ4n) is 1.39. The Bertz CT molecular complexity index is 476. The maximum atomic E-state index is 12.7. The Morgan fingerprint density at radius 3 is 2.31 bits per heavy atom. The van der Waals surface area contributed by atoms with E-state index < -0.39 is 0 Å². The molecule has 0 spiro atoms. The van der Waals surface area contributed by atoms with Gasteiger partial charge in [0.05, 0.1) is 0 Å². The fourth-order valence-corrected chi connectivity index (χ4v) is 1.39. The molecule has 0 fully saturated rings. The predicted octanol–water partition coefficient (Wildman–Crippen LogP) is 3.78. The first-order valence-corrected chi connectivity index (χ1v) is 4.97. The molecule has 0 bridgehead atoms. The molecule has 80 valence electrons. The Balaban J connectivity index is 2.18. The lowest BCUT2D eigenvalue weighted by molar-refractivity contribution is 0.511. The molecule has 1 aliphatic rings. The summed E-state index contributed by atoms with van der Waals surface area (Å²) >= 11 is 0. The van der Waals surface area contributed by atoms with Gasteiger partial charge in [0.1, 0.15) is 11.6 Å². The van der Waals surface area contributed by atoms with Crippen LogP contribution in [0.2, 0.25) is 0 Å². The predicted molar refractivity (Wildman–Crippen MR) is 63.4 cm³/mol. The monoisotopic (exact) mass is 214 g/mol. The van der Waals surface area contributed by atoms with E-state index in [1.807, 2.05) is 24.3 Å². The topological polar surface area (TPSA) is 20.2 Å². The average molecular weight is 214 g/mol. The van der Waals surface area contributed by atoms with Crippen LogP contribution in [0.5, 0.6) is 0 Å². The highest BCUT2D eigenvalue weighted by atomic mass is 19.1. The minimum atomic E-state index is -0.309. The van der Waals surface area contributed by atoms with Gasteiger partial charge >= 0.3 is 0 Å². The number of aliphatic hydroxyl groups excluding tert-OH is 1. The number of benzene rings is 1. The van der Waals surface area contributed by atoms with Crippen molar-refractivity contribution in [3.05, 3.63) is 77.7 Å². The molecule has 0 unspecified atom stereocenters. The summed E-state index contributed by atoms with van der Waals surface area (Å²) in [6, 6.07) is 5.73. The zero-order valence-corrected chi connectivity index (χ0v) is 8.60. The van der Waals surface area contributed by atoms with Crippen LogP contribution in [0, 0.1) is 5.82 Å². The maximum absolute atomic E-state index is 12.7. The molecule has 2 heteroatoms. The molecule has 0 aromatic heterocycles. The first kappa shape index (κ1) is 10.4. The van der Waals surface area contributed by atoms with Crippen molar-refractivity contribution in [3.8, 4) is 0 Å². The van der Waals surface area contributed by atoms with Gasteiger partial charge in [0, 0.05) is 5.56 Å². The minimum Gasteiger partial charge on any atom is -0.507 e. The van der Waals surface area contributed by atoms with Gasteiger partial charge in [-0.1, -0.05) is 30.4 Å². The first-order chi connectivity index (χ1) is 7.75. The van der Waals surface area contributed by atoms with E-state index >= 15 is 0 Å². The summed E-state index contributed by atoms with van der Waals surface area (Å²) in [6.45, 7) is 0. The number of rotatable bonds is 2. The number of hydrogen-bond donors (Lipinski definition) is 1. The van der Waals surface area contributed by atoms with Crippen molar-refractivity contribution in [2.75, 3.05) is 0 Å². The summed E-state index contributed by atoms with van der Waals surface area (Å²) in [5.41, 5.74) is 1.62. The van der Waals surface area contributed by atoms with E-state index in [4.69, 9.17) is 0 Å². The normalized spacial score (nSPS) is 14.6. The molecule has 0 saturated carbocycles. The zero-order chi connectivity index (χ0) is 11.4. The van der Waals surface area contributed by atoms with E-state index in [2.05, 4.69) is 0 Å². The minimum absolute atomic E-state index is 0.126. The SMILES string of the molecule is O/C(=C\C=C1C=CC=C1)c1ccc(F)cc1. The highest BCUT2D eigenvalue weighted by molar-refractivity contribution is 5.61. The average Bonchev–Trinajstić information content (AvgIpc) is 2.80. The van der Waals surface area contributed by atoms with Crippen LogP contribution < -0.4 is 0 Å². The van der Waals surface area contributed by atoms with Crippen molar-refractivity contribution in [1.29, 1.82) is 0 Å². The molecule has 1 nitrogen and oxygen atoms in total. The molecular weight excluding hydrogens is 203 g/mol. The van der Waals surface area contributed by atoms with Crippen LogP contribution in [0.25, 0.3) is 5.76 Å². The summed E-state index contributed by atoms with van der Waals surface area (Å²) in [4.78, 5) is 0. The van der Waals surface area contributed by atoms with Crippen LogP contribution in [0.4, 0.5) is 4.39 Å². The van der Waals surface area contributed by atoms with Crippen molar-refractivity contribution in [2.45, 2.75) is 0 Å². The third kappa shape index (κ3) is 2.48. The van der Waals surface area contributed by atoms with Gasteiger partial charge in [-0.3, -0.25) is 0 Å². The molecule has 0 radical (unpaired) electrons. The lowest BCUT2D eigenvalue weighted by Gasteiger charge is -1.98. The summed E-state index contributed by atoms with van der Waals surface area (Å²) < 4.78 is 12.7. The van der Waals surface area contributed by atoms with Gasteiger partial charge in [-0.25, -0.2) is 4.39 Å². The van der Waals surface area contributed by atoms with Gasteiger partial charge in [0.15, 0.2) is 0 Å². The van der Waals surface area contributed by atoms with Gasteiger partial charge in [-0.05, 0) is 35.9 Å². The van der Waals surface area contributed by atoms with Crippen LogP contribution in [0.3, 0.4) is 0 Å². The highest BCUT2D eigenvalue weighted by Crippen LogP contribution is 2.14. The molecule has 0 amide bonds.